The highest BCUT2D eigenvalue weighted by molar-refractivity contribution is 5.49. The zero-order valence-electron chi connectivity index (χ0n) is 12.8. The molecule has 0 aromatic carbocycles. The third-order valence-electron chi connectivity index (χ3n) is 3.88. The number of nitrogens with zero attached hydrogens (tertiary/aromatic N) is 5. The van der Waals surface area contributed by atoms with Gasteiger partial charge in [-0.05, 0) is 38.0 Å². The third kappa shape index (κ3) is 2.82. The van der Waals surface area contributed by atoms with E-state index in [1.807, 2.05) is 6.07 Å². The van der Waals surface area contributed by atoms with Gasteiger partial charge in [0.15, 0.2) is 0 Å². The van der Waals surface area contributed by atoms with E-state index in [1.165, 1.54) is 5.69 Å². The molecule has 110 valence electrons. The second-order valence-corrected chi connectivity index (χ2v) is 5.69. The van der Waals surface area contributed by atoms with Gasteiger partial charge in [0, 0.05) is 44.4 Å². The van der Waals surface area contributed by atoms with E-state index in [0.717, 1.165) is 36.7 Å². The van der Waals surface area contributed by atoms with Gasteiger partial charge >= 0.3 is 0 Å². The van der Waals surface area contributed by atoms with Crippen molar-refractivity contribution in [3.8, 4) is 0 Å². The van der Waals surface area contributed by atoms with Gasteiger partial charge in [0.05, 0.1) is 11.7 Å². The van der Waals surface area contributed by atoms with Crippen LogP contribution in [0.25, 0.3) is 0 Å². The van der Waals surface area contributed by atoms with Crippen molar-refractivity contribution in [3.63, 3.8) is 0 Å². The summed E-state index contributed by atoms with van der Waals surface area (Å²) in [6.07, 6.45) is 5.84. The molecular formula is C16H21N5. The first-order valence-electron chi connectivity index (χ1n) is 7.35. The van der Waals surface area contributed by atoms with Crippen LogP contribution in [0.15, 0.2) is 30.6 Å². The first-order valence-corrected chi connectivity index (χ1v) is 7.35. The molecule has 0 unspecified atom stereocenters. The van der Waals surface area contributed by atoms with Crippen LogP contribution in [-0.4, -0.2) is 35.6 Å². The van der Waals surface area contributed by atoms with Crippen molar-refractivity contribution < 1.29 is 0 Å². The Hall–Kier alpha value is -2.17. The Kier molecular flexibility index (Phi) is 3.73. The number of hydrogen-bond acceptors (Lipinski definition) is 5. The second-order valence-electron chi connectivity index (χ2n) is 5.69. The minimum atomic E-state index is 0.269. The van der Waals surface area contributed by atoms with Crippen LogP contribution in [0.4, 0.5) is 11.6 Å². The van der Waals surface area contributed by atoms with Gasteiger partial charge in [-0.2, -0.15) is 0 Å². The van der Waals surface area contributed by atoms with E-state index in [9.17, 15) is 0 Å². The lowest BCUT2D eigenvalue weighted by Crippen LogP contribution is -2.25. The molecule has 21 heavy (non-hydrogen) atoms. The van der Waals surface area contributed by atoms with Crippen LogP contribution < -0.4 is 9.80 Å². The summed E-state index contributed by atoms with van der Waals surface area (Å²) in [5, 5.41) is 0. The van der Waals surface area contributed by atoms with Crippen molar-refractivity contribution in [2.75, 3.05) is 30.4 Å². The molecule has 0 N–H and O–H groups in total. The van der Waals surface area contributed by atoms with Crippen molar-refractivity contribution in [2.45, 2.75) is 25.8 Å². The molecule has 1 saturated heterocycles. The van der Waals surface area contributed by atoms with E-state index in [2.05, 4.69) is 52.9 Å². The standard InChI is InChI=1S/C16H21N5/c1-12-10-13(20(2)3)11-14(19-12)15-6-4-9-21(15)16-17-7-5-8-18-16/h5,7-8,10-11,15H,4,6,9H2,1-3H3/t15-/m1/s1. The minimum absolute atomic E-state index is 0.269. The maximum Gasteiger partial charge on any atom is 0.225 e. The van der Waals surface area contributed by atoms with Gasteiger partial charge in [-0.3, -0.25) is 4.98 Å². The summed E-state index contributed by atoms with van der Waals surface area (Å²) in [5.74, 6) is 0.801. The Labute approximate surface area is 125 Å². The summed E-state index contributed by atoms with van der Waals surface area (Å²) in [6.45, 7) is 3.04. The summed E-state index contributed by atoms with van der Waals surface area (Å²) in [4.78, 5) is 17.9. The maximum absolute atomic E-state index is 4.75. The molecule has 3 rings (SSSR count). The lowest BCUT2D eigenvalue weighted by molar-refractivity contribution is 0.676. The molecule has 1 aliphatic rings. The van der Waals surface area contributed by atoms with Gasteiger partial charge in [-0.25, -0.2) is 9.97 Å². The zero-order valence-corrected chi connectivity index (χ0v) is 12.8. The fourth-order valence-electron chi connectivity index (χ4n) is 2.86. The topological polar surface area (TPSA) is 45.2 Å². The lowest BCUT2D eigenvalue weighted by Gasteiger charge is -2.25. The summed E-state index contributed by atoms with van der Waals surface area (Å²) in [6, 6.07) is 6.41. The number of aromatic nitrogens is 3. The van der Waals surface area contributed by atoms with Gasteiger partial charge < -0.3 is 9.80 Å². The number of rotatable bonds is 3. The molecule has 0 amide bonds. The fraction of sp³-hybridized carbons (Fsp3) is 0.438. The zero-order chi connectivity index (χ0) is 14.8. The quantitative estimate of drug-likeness (QED) is 0.866. The van der Waals surface area contributed by atoms with Gasteiger partial charge in [0.25, 0.3) is 0 Å². The molecule has 2 aromatic heterocycles. The van der Waals surface area contributed by atoms with Crippen LogP contribution >= 0.6 is 0 Å². The first-order chi connectivity index (χ1) is 10.1. The number of anilines is 2. The molecular weight excluding hydrogens is 262 g/mol. The van der Waals surface area contributed by atoms with Gasteiger partial charge in [-0.15, -0.1) is 0 Å². The number of hydrogen-bond donors (Lipinski definition) is 0. The van der Waals surface area contributed by atoms with Crippen molar-refractivity contribution in [3.05, 3.63) is 42.0 Å². The minimum Gasteiger partial charge on any atom is -0.378 e. The first kappa shape index (κ1) is 13.8. The average molecular weight is 283 g/mol. The monoisotopic (exact) mass is 283 g/mol. The Morgan fingerprint density at radius 1 is 1.19 bits per heavy atom. The Morgan fingerprint density at radius 2 is 1.95 bits per heavy atom. The molecule has 2 aromatic rings. The van der Waals surface area contributed by atoms with Crippen LogP contribution in [0.5, 0.6) is 0 Å². The summed E-state index contributed by atoms with van der Waals surface area (Å²) in [7, 11) is 4.12. The SMILES string of the molecule is Cc1cc(N(C)C)cc([C@H]2CCCN2c2ncccn2)n1. The normalized spacial score (nSPS) is 18.0. The molecule has 5 heteroatoms. The van der Waals surface area contributed by atoms with E-state index >= 15 is 0 Å². The predicted octanol–water partition coefficient (Wildman–Crippen LogP) is 2.59. The van der Waals surface area contributed by atoms with Crippen molar-refractivity contribution in [1.29, 1.82) is 0 Å². The molecule has 0 spiro atoms. The van der Waals surface area contributed by atoms with E-state index in [1.54, 1.807) is 12.4 Å². The lowest BCUT2D eigenvalue weighted by atomic mass is 10.1. The molecule has 1 fully saturated rings. The van der Waals surface area contributed by atoms with Crippen LogP contribution in [0.1, 0.15) is 30.3 Å². The summed E-state index contributed by atoms with van der Waals surface area (Å²) >= 11 is 0. The molecule has 1 atom stereocenters. The largest absolute Gasteiger partial charge is 0.378 e. The Bertz CT molecular complexity index is 611. The highest BCUT2D eigenvalue weighted by Gasteiger charge is 2.29. The second kappa shape index (κ2) is 5.68. The van der Waals surface area contributed by atoms with Crippen molar-refractivity contribution in [2.24, 2.45) is 0 Å². The maximum atomic E-state index is 4.75. The molecule has 0 bridgehead atoms. The van der Waals surface area contributed by atoms with Gasteiger partial charge in [-0.1, -0.05) is 0 Å². The van der Waals surface area contributed by atoms with Gasteiger partial charge in [0.1, 0.15) is 0 Å². The molecule has 3 heterocycles. The summed E-state index contributed by atoms with van der Waals surface area (Å²) in [5.41, 5.74) is 3.36. The molecule has 0 aliphatic carbocycles. The fourth-order valence-corrected chi connectivity index (χ4v) is 2.86. The smallest absolute Gasteiger partial charge is 0.225 e. The summed E-state index contributed by atoms with van der Waals surface area (Å²) < 4.78 is 0. The molecule has 0 radical (unpaired) electrons. The van der Waals surface area contributed by atoms with Gasteiger partial charge in [0.2, 0.25) is 5.95 Å². The van der Waals surface area contributed by atoms with E-state index in [0.29, 0.717) is 0 Å². The average Bonchev–Trinajstić information content (AvgIpc) is 2.97. The third-order valence-corrected chi connectivity index (χ3v) is 3.88. The van der Waals surface area contributed by atoms with Crippen molar-refractivity contribution in [1.82, 2.24) is 15.0 Å². The molecule has 5 nitrogen and oxygen atoms in total. The highest BCUT2D eigenvalue weighted by Crippen LogP contribution is 2.34. The van der Waals surface area contributed by atoms with Crippen LogP contribution in [-0.2, 0) is 0 Å². The van der Waals surface area contributed by atoms with Crippen LogP contribution in [0.3, 0.4) is 0 Å². The molecule has 1 aliphatic heterocycles. The molecule has 0 saturated carbocycles. The van der Waals surface area contributed by atoms with Crippen LogP contribution in [0.2, 0.25) is 0 Å². The Balaban J connectivity index is 1.95. The predicted molar refractivity (Wildman–Crippen MR) is 84.7 cm³/mol. The number of pyridine rings is 1. The highest BCUT2D eigenvalue weighted by atomic mass is 15.3. The Morgan fingerprint density at radius 3 is 2.67 bits per heavy atom. The van der Waals surface area contributed by atoms with E-state index in [4.69, 9.17) is 4.98 Å². The number of aryl methyl sites for hydroxylation is 1. The van der Waals surface area contributed by atoms with Crippen LogP contribution in [0, 0.1) is 6.92 Å². The van der Waals surface area contributed by atoms with E-state index in [-0.39, 0.29) is 6.04 Å². The van der Waals surface area contributed by atoms with E-state index < -0.39 is 0 Å². The van der Waals surface area contributed by atoms with Crippen molar-refractivity contribution >= 4 is 11.6 Å².